The van der Waals surface area contributed by atoms with Crippen LogP contribution in [-0.2, 0) is 0 Å². The molecule has 16 heavy (non-hydrogen) atoms. The van der Waals surface area contributed by atoms with Crippen LogP contribution in [0.5, 0.6) is 0 Å². The molecule has 1 aliphatic heterocycles. The number of anilines is 2. The van der Waals surface area contributed by atoms with E-state index in [2.05, 4.69) is 5.43 Å². The van der Waals surface area contributed by atoms with E-state index in [0.717, 1.165) is 38.1 Å². The fourth-order valence-electron chi connectivity index (χ4n) is 1.86. The van der Waals surface area contributed by atoms with Crippen molar-refractivity contribution in [1.82, 2.24) is 5.01 Å². The summed E-state index contributed by atoms with van der Waals surface area (Å²) in [5, 5.41) is 1.83. The first-order valence-electron chi connectivity index (χ1n) is 5.43. The van der Waals surface area contributed by atoms with Gasteiger partial charge >= 0.3 is 0 Å². The van der Waals surface area contributed by atoms with Gasteiger partial charge in [-0.1, -0.05) is 6.42 Å². The first-order valence-corrected chi connectivity index (χ1v) is 5.43. The van der Waals surface area contributed by atoms with E-state index in [-0.39, 0.29) is 11.4 Å². The van der Waals surface area contributed by atoms with Gasteiger partial charge in [-0.25, -0.2) is 13.8 Å². The molecule has 3 N–H and O–H groups in total. The van der Waals surface area contributed by atoms with E-state index in [0.29, 0.717) is 0 Å². The average Bonchev–Trinajstić information content (AvgIpc) is 2.25. The summed E-state index contributed by atoms with van der Waals surface area (Å²) in [4.78, 5) is 0. The van der Waals surface area contributed by atoms with Crippen molar-refractivity contribution < 1.29 is 8.78 Å². The van der Waals surface area contributed by atoms with Gasteiger partial charge in [0.1, 0.15) is 5.69 Å². The van der Waals surface area contributed by atoms with Crippen LogP contribution in [0.2, 0.25) is 0 Å². The minimum atomic E-state index is -0.650. The Balaban J connectivity index is 2.14. The molecule has 0 saturated carbocycles. The van der Waals surface area contributed by atoms with Gasteiger partial charge in [0, 0.05) is 18.8 Å². The van der Waals surface area contributed by atoms with Crippen LogP contribution >= 0.6 is 0 Å². The first kappa shape index (κ1) is 11.1. The molecule has 0 aromatic heterocycles. The zero-order chi connectivity index (χ0) is 11.5. The number of piperidine rings is 1. The molecule has 0 radical (unpaired) electrons. The number of hydrazine groups is 1. The van der Waals surface area contributed by atoms with Crippen molar-refractivity contribution in [2.45, 2.75) is 19.3 Å². The van der Waals surface area contributed by atoms with Crippen LogP contribution in [0.15, 0.2) is 12.1 Å². The van der Waals surface area contributed by atoms with Crippen LogP contribution in [0.3, 0.4) is 0 Å². The van der Waals surface area contributed by atoms with Gasteiger partial charge in [-0.05, 0) is 25.0 Å². The molecule has 0 bridgehead atoms. The molecule has 1 heterocycles. The summed E-state index contributed by atoms with van der Waals surface area (Å²) >= 11 is 0. The summed E-state index contributed by atoms with van der Waals surface area (Å²) in [5.41, 5.74) is 8.09. The number of nitrogens with two attached hydrogens (primary N) is 1. The molecule has 5 heteroatoms. The summed E-state index contributed by atoms with van der Waals surface area (Å²) in [5.74, 6) is -1.30. The molecule has 0 amide bonds. The predicted octanol–water partition coefficient (Wildman–Crippen LogP) is 2.36. The van der Waals surface area contributed by atoms with Gasteiger partial charge in [-0.3, -0.25) is 0 Å². The number of halogens is 2. The lowest BCUT2D eigenvalue weighted by atomic mass is 10.2. The molecule has 1 aromatic carbocycles. The zero-order valence-electron chi connectivity index (χ0n) is 8.97. The number of rotatable bonds is 2. The molecule has 0 unspecified atom stereocenters. The minimum Gasteiger partial charge on any atom is -0.399 e. The Morgan fingerprint density at radius 2 is 1.62 bits per heavy atom. The van der Waals surface area contributed by atoms with Crippen LogP contribution in [0, 0.1) is 11.6 Å². The summed E-state index contributed by atoms with van der Waals surface area (Å²) in [6.45, 7) is 1.62. The maximum absolute atomic E-state index is 13.5. The zero-order valence-corrected chi connectivity index (χ0v) is 8.97. The summed E-state index contributed by atoms with van der Waals surface area (Å²) in [6.07, 6.45) is 3.27. The van der Waals surface area contributed by atoms with Gasteiger partial charge in [0.25, 0.3) is 0 Å². The lowest BCUT2D eigenvalue weighted by Gasteiger charge is -2.28. The van der Waals surface area contributed by atoms with Crippen molar-refractivity contribution >= 4 is 11.4 Å². The molecular formula is C11H15F2N3. The molecule has 0 atom stereocenters. The van der Waals surface area contributed by atoms with Gasteiger partial charge in [-0.15, -0.1) is 0 Å². The normalized spacial score (nSPS) is 17.4. The average molecular weight is 227 g/mol. The number of nitrogens with zero attached hydrogens (tertiary/aromatic N) is 1. The first-order chi connectivity index (χ1) is 7.66. The van der Waals surface area contributed by atoms with Gasteiger partial charge in [0.2, 0.25) is 0 Å². The van der Waals surface area contributed by atoms with E-state index in [9.17, 15) is 8.78 Å². The number of nitrogen functional groups attached to an aromatic ring is 1. The van der Waals surface area contributed by atoms with Crippen molar-refractivity contribution in [1.29, 1.82) is 0 Å². The lowest BCUT2D eigenvalue weighted by Crippen LogP contribution is -2.35. The molecule has 0 spiro atoms. The van der Waals surface area contributed by atoms with E-state index in [4.69, 9.17) is 5.73 Å². The highest BCUT2D eigenvalue weighted by Gasteiger charge is 2.15. The third kappa shape index (κ3) is 2.41. The minimum absolute atomic E-state index is 0.0965. The number of hydrogen-bond donors (Lipinski definition) is 2. The van der Waals surface area contributed by atoms with E-state index >= 15 is 0 Å². The largest absolute Gasteiger partial charge is 0.399 e. The van der Waals surface area contributed by atoms with Gasteiger partial charge in [0.15, 0.2) is 11.6 Å². The Bertz CT molecular complexity index is 352. The van der Waals surface area contributed by atoms with Crippen molar-refractivity contribution in [3.63, 3.8) is 0 Å². The van der Waals surface area contributed by atoms with Crippen LogP contribution in [0.1, 0.15) is 19.3 Å². The second kappa shape index (κ2) is 4.65. The van der Waals surface area contributed by atoms with E-state index in [1.807, 2.05) is 5.01 Å². The SMILES string of the molecule is Nc1cc(F)c(NN2CCCCC2)c(F)c1. The molecule has 1 fully saturated rings. The van der Waals surface area contributed by atoms with Crippen LogP contribution in [-0.4, -0.2) is 18.1 Å². The summed E-state index contributed by atoms with van der Waals surface area (Å²) < 4.78 is 26.9. The molecule has 2 rings (SSSR count). The van der Waals surface area contributed by atoms with Crippen molar-refractivity contribution in [3.8, 4) is 0 Å². The highest BCUT2D eigenvalue weighted by Crippen LogP contribution is 2.23. The number of benzene rings is 1. The Morgan fingerprint density at radius 1 is 1.06 bits per heavy atom. The summed E-state index contributed by atoms with van der Waals surface area (Å²) in [7, 11) is 0. The maximum atomic E-state index is 13.5. The topological polar surface area (TPSA) is 41.3 Å². The molecular weight excluding hydrogens is 212 g/mol. The fourth-order valence-corrected chi connectivity index (χ4v) is 1.86. The van der Waals surface area contributed by atoms with Crippen LogP contribution < -0.4 is 11.2 Å². The van der Waals surface area contributed by atoms with Crippen molar-refractivity contribution in [3.05, 3.63) is 23.8 Å². The molecule has 3 nitrogen and oxygen atoms in total. The van der Waals surface area contributed by atoms with Gasteiger partial charge in [0.05, 0.1) is 0 Å². The van der Waals surface area contributed by atoms with E-state index < -0.39 is 11.6 Å². The van der Waals surface area contributed by atoms with Gasteiger partial charge in [-0.2, -0.15) is 0 Å². The Hall–Kier alpha value is -1.36. The van der Waals surface area contributed by atoms with Gasteiger partial charge < -0.3 is 11.2 Å². The molecule has 0 aliphatic carbocycles. The highest BCUT2D eigenvalue weighted by atomic mass is 19.1. The second-order valence-corrected chi connectivity index (χ2v) is 4.02. The Kier molecular flexibility index (Phi) is 3.24. The molecule has 88 valence electrons. The Morgan fingerprint density at radius 3 is 2.19 bits per heavy atom. The second-order valence-electron chi connectivity index (χ2n) is 4.02. The predicted molar refractivity (Wildman–Crippen MR) is 59.8 cm³/mol. The number of hydrogen-bond acceptors (Lipinski definition) is 3. The quantitative estimate of drug-likeness (QED) is 0.762. The molecule has 1 saturated heterocycles. The van der Waals surface area contributed by atoms with Crippen molar-refractivity contribution in [2.24, 2.45) is 0 Å². The Labute approximate surface area is 93.2 Å². The van der Waals surface area contributed by atoms with Crippen LogP contribution in [0.4, 0.5) is 20.2 Å². The van der Waals surface area contributed by atoms with E-state index in [1.165, 1.54) is 6.42 Å². The molecule has 1 aliphatic rings. The highest BCUT2D eigenvalue weighted by molar-refractivity contribution is 5.53. The van der Waals surface area contributed by atoms with E-state index in [1.54, 1.807) is 0 Å². The smallest absolute Gasteiger partial charge is 0.152 e. The fraction of sp³-hybridized carbons (Fsp3) is 0.455. The number of nitrogens with one attached hydrogen (secondary N) is 1. The monoisotopic (exact) mass is 227 g/mol. The summed E-state index contributed by atoms with van der Waals surface area (Å²) in [6, 6.07) is 2.24. The van der Waals surface area contributed by atoms with Crippen LogP contribution in [0.25, 0.3) is 0 Å². The lowest BCUT2D eigenvalue weighted by molar-refractivity contribution is 0.270. The maximum Gasteiger partial charge on any atom is 0.152 e. The third-order valence-electron chi connectivity index (χ3n) is 2.69. The van der Waals surface area contributed by atoms with Crippen molar-refractivity contribution in [2.75, 3.05) is 24.2 Å². The molecule has 1 aromatic rings. The third-order valence-corrected chi connectivity index (χ3v) is 2.69. The standard InChI is InChI=1S/C11H15F2N3/c12-9-6-8(14)7-10(13)11(9)15-16-4-2-1-3-5-16/h6-7,15H,1-5,14H2.